The lowest BCUT2D eigenvalue weighted by molar-refractivity contribution is 0.533. The summed E-state index contributed by atoms with van der Waals surface area (Å²) in [5.74, 6) is 0. The third-order valence-electron chi connectivity index (χ3n) is 2.30. The second kappa shape index (κ2) is 6.85. The largest absolute Gasteiger partial charge is 0.317 e. The molecule has 1 aromatic rings. The molecule has 1 heterocycles. The number of unbranched alkanes of at least 4 members (excludes halogenated alkanes) is 1. The highest BCUT2D eigenvalue weighted by Crippen LogP contribution is 2.12. The molecule has 4 heteroatoms. The van der Waals surface area contributed by atoms with Gasteiger partial charge < -0.3 is 5.32 Å². The van der Waals surface area contributed by atoms with Crippen LogP contribution in [0.15, 0.2) is 6.20 Å². The van der Waals surface area contributed by atoms with E-state index in [1.807, 2.05) is 17.8 Å². The lowest BCUT2D eigenvalue weighted by Gasteiger charge is -2.03. The molecule has 0 unspecified atom stereocenters. The molecular formula is C11H20ClN3. The fourth-order valence-electron chi connectivity index (χ4n) is 1.43. The van der Waals surface area contributed by atoms with E-state index in [0.29, 0.717) is 0 Å². The fourth-order valence-corrected chi connectivity index (χ4v) is 1.58. The number of nitrogens with zero attached hydrogens (tertiary/aromatic N) is 2. The summed E-state index contributed by atoms with van der Waals surface area (Å²) in [6.45, 7) is 7.29. The Morgan fingerprint density at radius 1 is 1.40 bits per heavy atom. The van der Waals surface area contributed by atoms with Gasteiger partial charge in [0.05, 0.1) is 10.7 Å². The molecule has 0 radical (unpaired) electrons. The van der Waals surface area contributed by atoms with Crippen molar-refractivity contribution in [1.29, 1.82) is 0 Å². The van der Waals surface area contributed by atoms with Crippen molar-refractivity contribution in [1.82, 2.24) is 15.1 Å². The second-order valence-corrected chi connectivity index (χ2v) is 4.19. The predicted octanol–water partition coefficient (Wildman–Crippen LogP) is 2.62. The smallest absolute Gasteiger partial charge is 0.0814 e. The Labute approximate surface area is 96.8 Å². The molecule has 1 aromatic heterocycles. The molecule has 0 amide bonds. The van der Waals surface area contributed by atoms with Crippen LogP contribution >= 0.6 is 11.6 Å². The summed E-state index contributed by atoms with van der Waals surface area (Å²) in [5, 5.41) is 8.45. The van der Waals surface area contributed by atoms with Gasteiger partial charge >= 0.3 is 0 Å². The molecule has 86 valence electrons. The molecule has 0 spiro atoms. The number of nitrogens with one attached hydrogen (secondary N) is 1. The summed E-state index contributed by atoms with van der Waals surface area (Å²) in [4.78, 5) is 0. The minimum atomic E-state index is 0.763. The molecule has 0 atom stereocenters. The highest BCUT2D eigenvalue weighted by Gasteiger charge is 2.00. The van der Waals surface area contributed by atoms with Gasteiger partial charge in [-0.05, 0) is 39.3 Å². The van der Waals surface area contributed by atoms with Crippen LogP contribution in [0.3, 0.4) is 0 Å². The zero-order valence-corrected chi connectivity index (χ0v) is 10.3. The van der Waals surface area contributed by atoms with E-state index in [1.54, 1.807) is 0 Å². The van der Waals surface area contributed by atoms with Gasteiger partial charge in [-0.15, -0.1) is 0 Å². The quantitative estimate of drug-likeness (QED) is 0.729. The molecule has 0 aromatic carbocycles. The first-order chi connectivity index (χ1) is 7.24. The number of aromatic nitrogens is 2. The summed E-state index contributed by atoms with van der Waals surface area (Å²) >= 11 is 5.92. The van der Waals surface area contributed by atoms with E-state index < -0.39 is 0 Å². The van der Waals surface area contributed by atoms with Gasteiger partial charge in [-0.3, -0.25) is 4.68 Å². The maximum atomic E-state index is 5.92. The topological polar surface area (TPSA) is 29.9 Å². The molecular weight excluding hydrogens is 210 g/mol. The van der Waals surface area contributed by atoms with Gasteiger partial charge in [-0.1, -0.05) is 18.5 Å². The minimum Gasteiger partial charge on any atom is -0.317 e. The van der Waals surface area contributed by atoms with Crippen LogP contribution in [0, 0.1) is 6.92 Å². The highest BCUT2D eigenvalue weighted by atomic mass is 35.5. The van der Waals surface area contributed by atoms with Gasteiger partial charge in [0, 0.05) is 12.7 Å². The number of hydrogen-bond acceptors (Lipinski definition) is 2. The molecule has 1 N–H and O–H groups in total. The molecule has 0 aliphatic carbocycles. The lowest BCUT2D eigenvalue weighted by atomic mass is 10.3. The third-order valence-corrected chi connectivity index (χ3v) is 2.68. The van der Waals surface area contributed by atoms with Crippen LogP contribution in [0.1, 0.15) is 31.9 Å². The summed E-state index contributed by atoms with van der Waals surface area (Å²) in [6.07, 6.45) is 5.44. The Balaban J connectivity index is 2.10. The summed E-state index contributed by atoms with van der Waals surface area (Å²) in [5.41, 5.74) is 0.917. The lowest BCUT2D eigenvalue weighted by Crippen LogP contribution is -2.16. The van der Waals surface area contributed by atoms with Crippen LogP contribution in [-0.2, 0) is 6.54 Å². The molecule has 0 saturated heterocycles. The standard InChI is InChI=1S/C11H20ClN3/c1-3-6-13-7-4-5-8-15-9-11(12)10(2)14-15/h9,13H,3-8H2,1-2H3. The van der Waals surface area contributed by atoms with Gasteiger partial charge in [-0.25, -0.2) is 0 Å². The average Bonchev–Trinajstić information content (AvgIpc) is 2.52. The summed E-state index contributed by atoms with van der Waals surface area (Å²) in [7, 11) is 0. The van der Waals surface area contributed by atoms with E-state index in [0.717, 1.165) is 36.8 Å². The summed E-state index contributed by atoms with van der Waals surface area (Å²) < 4.78 is 1.93. The molecule has 0 fully saturated rings. The van der Waals surface area contributed by atoms with Crippen molar-refractivity contribution < 1.29 is 0 Å². The predicted molar refractivity (Wildman–Crippen MR) is 64.4 cm³/mol. The molecule has 15 heavy (non-hydrogen) atoms. The molecule has 0 aliphatic heterocycles. The average molecular weight is 230 g/mol. The number of halogens is 1. The minimum absolute atomic E-state index is 0.763. The van der Waals surface area contributed by atoms with E-state index in [4.69, 9.17) is 11.6 Å². The Hall–Kier alpha value is -0.540. The monoisotopic (exact) mass is 229 g/mol. The van der Waals surface area contributed by atoms with Crippen LogP contribution in [-0.4, -0.2) is 22.9 Å². The zero-order valence-electron chi connectivity index (χ0n) is 9.59. The van der Waals surface area contributed by atoms with Crippen LogP contribution in [0.25, 0.3) is 0 Å². The molecule has 3 nitrogen and oxygen atoms in total. The van der Waals surface area contributed by atoms with Gasteiger partial charge in [0.1, 0.15) is 0 Å². The molecule has 0 bridgehead atoms. The van der Waals surface area contributed by atoms with Crippen LogP contribution < -0.4 is 5.32 Å². The Bertz CT molecular complexity index is 264. The number of rotatable bonds is 7. The van der Waals surface area contributed by atoms with Crippen molar-refractivity contribution in [3.05, 3.63) is 16.9 Å². The third kappa shape index (κ3) is 4.67. The Morgan fingerprint density at radius 3 is 2.80 bits per heavy atom. The van der Waals surface area contributed by atoms with Crippen LogP contribution in [0.4, 0.5) is 0 Å². The van der Waals surface area contributed by atoms with Crippen LogP contribution in [0.5, 0.6) is 0 Å². The van der Waals surface area contributed by atoms with E-state index in [-0.39, 0.29) is 0 Å². The second-order valence-electron chi connectivity index (χ2n) is 3.78. The maximum absolute atomic E-state index is 5.92. The van der Waals surface area contributed by atoms with Crippen molar-refractivity contribution in [3.8, 4) is 0 Å². The maximum Gasteiger partial charge on any atom is 0.0814 e. The SMILES string of the molecule is CCCNCCCCn1cc(Cl)c(C)n1. The normalized spacial score (nSPS) is 10.9. The Kier molecular flexibility index (Phi) is 5.73. The van der Waals surface area contributed by atoms with Gasteiger partial charge in [0.15, 0.2) is 0 Å². The van der Waals surface area contributed by atoms with E-state index >= 15 is 0 Å². The van der Waals surface area contributed by atoms with Gasteiger partial charge in [0.25, 0.3) is 0 Å². The highest BCUT2D eigenvalue weighted by molar-refractivity contribution is 6.31. The fraction of sp³-hybridized carbons (Fsp3) is 0.727. The molecule has 1 rings (SSSR count). The number of aryl methyl sites for hydroxylation is 2. The first-order valence-electron chi connectivity index (χ1n) is 5.64. The van der Waals surface area contributed by atoms with Gasteiger partial charge in [-0.2, -0.15) is 5.10 Å². The molecule has 0 aliphatic rings. The zero-order chi connectivity index (χ0) is 11.1. The van der Waals surface area contributed by atoms with Crippen molar-refractivity contribution in [2.24, 2.45) is 0 Å². The van der Waals surface area contributed by atoms with E-state index in [9.17, 15) is 0 Å². The van der Waals surface area contributed by atoms with Crippen molar-refractivity contribution in [2.75, 3.05) is 13.1 Å². The number of hydrogen-bond donors (Lipinski definition) is 1. The van der Waals surface area contributed by atoms with E-state index in [1.165, 1.54) is 12.8 Å². The van der Waals surface area contributed by atoms with Crippen molar-refractivity contribution >= 4 is 11.6 Å². The van der Waals surface area contributed by atoms with Crippen molar-refractivity contribution in [2.45, 2.75) is 39.7 Å². The molecule has 0 saturated carbocycles. The first-order valence-corrected chi connectivity index (χ1v) is 6.02. The van der Waals surface area contributed by atoms with E-state index in [2.05, 4.69) is 17.3 Å². The first kappa shape index (κ1) is 12.5. The van der Waals surface area contributed by atoms with Gasteiger partial charge in [0.2, 0.25) is 0 Å². The summed E-state index contributed by atoms with van der Waals surface area (Å²) in [6, 6.07) is 0. The Morgan fingerprint density at radius 2 is 2.20 bits per heavy atom. The van der Waals surface area contributed by atoms with Crippen molar-refractivity contribution in [3.63, 3.8) is 0 Å². The van der Waals surface area contributed by atoms with Crippen LogP contribution in [0.2, 0.25) is 5.02 Å².